The van der Waals surface area contributed by atoms with E-state index in [-0.39, 0.29) is 10.5 Å². The molecule has 0 aromatic heterocycles. The van der Waals surface area contributed by atoms with Crippen molar-refractivity contribution in [1.82, 2.24) is 15.2 Å². The highest BCUT2D eigenvalue weighted by Crippen LogP contribution is 2.13. The van der Waals surface area contributed by atoms with Crippen LogP contribution in [0.15, 0.2) is 59.5 Å². The lowest BCUT2D eigenvalue weighted by Crippen LogP contribution is -2.41. The molecule has 0 spiro atoms. The first kappa shape index (κ1) is 17.6. The number of rotatable bonds is 4. The van der Waals surface area contributed by atoms with Crippen LogP contribution >= 0.6 is 0 Å². The largest absolute Gasteiger partial charge is 0.269 e. The van der Waals surface area contributed by atoms with E-state index in [1.165, 1.54) is 38.4 Å². The summed E-state index contributed by atoms with van der Waals surface area (Å²) in [6.45, 7) is 0. The second-order valence-electron chi connectivity index (χ2n) is 5.09. The molecule has 0 fully saturated rings. The molecule has 2 amide bonds. The molecule has 0 unspecified atom stereocenters. The maximum absolute atomic E-state index is 12.0. The van der Waals surface area contributed by atoms with Gasteiger partial charge in [0.25, 0.3) is 11.8 Å². The molecule has 0 aliphatic heterocycles. The topological polar surface area (TPSA) is 95.6 Å². The van der Waals surface area contributed by atoms with Gasteiger partial charge in [-0.25, -0.2) is 12.7 Å². The number of benzene rings is 2. The van der Waals surface area contributed by atoms with Crippen LogP contribution in [0, 0.1) is 0 Å². The molecule has 7 nitrogen and oxygen atoms in total. The van der Waals surface area contributed by atoms with E-state index >= 15 is 0 Å². The zero-order valence-corrected chi connectivity index (χ0v) is 14.0. The highest BCUT2D eigenvalue weighted by molar-refractivity contribution is 7.89. The Bertz CT molecular complexity index is 831. The standard InChI is InChI=1S/C16H17N3O4S/c1-19(2)24(22,23)14-10-8-13(9-11-14)16(21)18-17-15(20)12-6-4-3-5-7-12/h3-11H,1-2H3,(H,17,20)(H,18,21). The van der Waals surface area contributed by atoms with Crippen molar-refractivity contribution in [3.8, 4) is 0 Å². The molecule has 0 radical (unpaired) electrons. The van der Waals surface area contributed by atoms with E-state index in [1.807, 2.05) is 0 Å². The van der Waals surface area contributed by atoms with E-state index in [2.05, 4.69) is 10.9 Å². The number of sulfonamides is 1. The Balaban J connectivity index is 2.02. The zero-order chi connectivity index (χ0) is 17.7. The molecule has 8 heteroatoms. The van der Waals surface area contributed by atoms with Crippen molar-refractivity contribution in [2.75, 3.05) is 14.1 Å². The predicted molar refractivity (Wildman–Crippen MR) is 88.7 cm³/mol. The van der Waals surface area contributed by atoms with Gasteiger partial charge in [-0.3, -0.25) is 20.4 Å². The number of hydrogen-bond donors (Lipinski definition) is 2. The van der Waals surface area contributed by atoms with E-state index in [0.717, 1.165) is 4.31 Å². The average molecular weight is 347 g/mol. The van der Waals surface area contributed by atoms with Crippen LogP contribution < -0.4 is 10.9 Å². The first-order valence-corrected chi connectivity index (χ1v) is 8.44. The summed E-state index contributed by atoms with van der Waals surface area (Å²) >= 11 is 0. The molecule has 0 aliphatic rings. The third-order valence-corrected chi connectivity index (χ3v) is 5.05. The monoisotopic (exact) mass is 347 g/mol. The Morgan fingerprint density at radius 2 is 1.25 bits per heavy atom. The van der Waals surface area contributed by atoms with Crippen molar-refractivity contribution in [3.63, 3.8) is 0 Å². The molecule has 2 aromatic carbocycles. The van der Waals surface area contributed by atoms with E-state index in [0.29, 0.717) is 5.56 Å². The van der Waals surface area contributed by atoms with Gasteiger partial charge in [-0.15, -0.1) is 0 Å². The zero-order valence-electron chi connectivity index (χ0n) is 13.2. The summed E-state index contributed by atoms with van der Waals surface area (Å²) in [5.41, 5.74) is 5.21. The number of amides is 2. The summed E-state index contributed by atoms with van der Waals surface area (Å²) < 4.78 is 25.0. The molecule has 0 atom stereocenters. The lowest BCUT2D eigenvalue weighted by atomic mass is 10.2. The molecule has 126 valence electrons. The number of nitrogens with one attached hydrogen (secondary N) is 2. The highest BCUT2D eigenvalue weighted by atomic mass is 32.2. The smallest absolute Gasteiger partial charge is 0.267 e. The van der Waals surface area contributed by atoms with Crippen LogP contribution in [-0.2, 0) is 10.0 Å². The molecule has 2 rings (SSSR count). The molecular weight excluding hydrogens is 330 g/mol. The van der Waals surface area contributed by atoms with Gasteiger partial charge in [0.15, 0.2) is 0 Å². The first-order valence-electron chi connectivity index (χ1n) is 7.00. The van der Waals surface area contributed by atoms with Crippen LogP contribution in [0.25, 0.3) is 0 Å². The summed E-state index contributed by atoms with van der Waals surface area (Å²) in [5.74, 6) is -0.996. The van der Waals surface area contributed by atoms with Gasteiger partial charge in [0, 0.05) is 25.2 Å². The van der Waals surface area contributed by atoms with Gasteiger partial charge in [-0.2, -0.15) is 0 Å². The van der Waals surface area contributed by atoms with Gasteiger partial charge >= 0.3 is 0 Å². The fourth-order valence-electron chi connectivity index (χ4n) is 1.84. The summed E-state index contributed by atoms with van der Waals surface area (Å²) in [4.78, 5) is 23.9. The minimum atomic E-state index is -3.55. The molecule has 24 heavy (non-hydrogen) atoms. The number of hydrogen-bond acceptors (Lipinski definition) is 4. The van der Waals surface area contributed by atoms with E-state index in [9.17, 15) is 18.0 Å². The van der Waals surface area contributed by atoms with Crippen molar-refractivity contribution in [2.24, 2.45) is 0 Å². The minimum absolute atomic E-state index is 0.0809. The second-order valence-corrected chi connectivity index (χ2v) is 7.24. The Morgan fingerprint density at radius 3 is 1.71 bits per heavy atom. The van der Waals surface area contributed by atoms with Crippen molar-refractivity contribution in [2.45, 2.75) is 4.90 Å². The quantitative estimate of drug-likeness (QED) is 0.807. The first-order chi connectivity index (χ1) is 11.3. The van der Waals surface area contributed by atoms with Crippen LogP contribution in [0.3, 0.4) is 0 Å². The maximum Gasteiger partial charge on any atom is 0.269 e. The Hall–Kier alpha value is -2.71. The lowest BCUT2D eigenvalue weighted by Gasteiger charge is -2.12. The SMILES string of the molecule is CN(C)S(=O)(=O)c1ccc(C(=O)NNC(=O)c2ccccc2)cc1. The van der Waals surface area contributed by atoms with Crippen LogP contribution in [0.1, 0.15) is 20.7 Å². The van der Waals surface area contributed by atoms with Crippen LogP contribution in [0.4, 0.5) is 0 Å². The third kappa shape index (κ3) is 3.98. The molecule has 2 aromatic rings. The summed E-state index contributed by atoms with van der Waals surface area (Å²) in [7, 11) is -0.698. The number of nitrogens with zero attached hydrogens (tertiary/aromatic N) is 1. The molecule has 0 bridgehead atoms. The van der Waals surface area contributed by atoms with E-state index < -0.39 is 21.8 Å². The van der Waals surface area contributed by atoms with Gasteiger partial charge in [-0.05, 0) is 36.4 Å². The minimum Gasteiger partial charge on any atom is -0.267 e. The van der Waals surface area contributed by atoms with Crippen molar-refractivity contribution >= 4 is 21.8 Å². The van der Waals surface area contributed by atoms with Gasteiger partial charge < -0.3 is 0 Å². The summed E-state index contributed by atoms with van der Waals surface area (Å²) in [6, 6.07) is 13.8. The van der Waals surface area contributed by atoms with Gasteiger partial charge in [0.2, 0.25) is 10.0 Å². The van der Waals surface area contributed by atoms with Crippen molar-refractivity contribution < 1.29 is 18.0 Å². The number of hydrazine groups is 1. The lowest BCUT2D eigenvalue weighted by molar-refractivity contribution is 0.0846. The third-order valence-electron chi connectivity index (χ3n) is 3.22. The molecule has 0 saturated heterocycles. The van der Waals surface area contributed by atoms with Crippen LogP contribution in [-0.4, -0.2) is 38.6 Å². The van der Waals surface area contributed by atoms with E-state index in [4.69, 9.17) is 0 Å². The summed E-state index contributed by atoms with van der Waals surface area (Å²) in [6.07, 6.45) is 0. The van der Waals surface area contributed by atoms with E-state index in [1.54, 1.807) is 30.3 Å². The fourth-order valence-corrected chi connectivity index (χ4v) is 2.74. The Labute approximate surface area is 140 Å². The van der Waals surface area contributed by atoms with Crippen molar-refractivity contribution in [1.29, 1.82) is 0 Å². The van der Waals surface area contributed by atoms with Crippen LogP contribution in [0.2, 0.25) is 0 Å². The normalized spacial score (nSPS) is 11.1. The van der Waals surface area contributed by atoms with Gasteiger partial charge in [0.1, 0.15) is 0 Å². The second kappa shape index (κ2) is 7.24. The fraction of sp³-hybridized carbons (Fsp3) is 0.125. The molecule has 2 N–H and O–H groups in total. The Kier molecular flexibility index (Phi) is 5.32. The van der Waals surface area contributed by atoms with Crippen LogP contribution in [0.5, 0.6) is 0 Å². The molecule has 0 saturated carbocycles. The summed E-state index contributed by atoms with van der Waals surface area (Å²) in [5, 5.41) is 0. The predicted octanol–water partition coefficient (Wildman–Crippen LogP) is 1.01. The molecule has 0 aliphatic carbocycles. The average Bonchev–Trinajstić information content (AvgIpc) is 2.60. The maximum atomic E-state index is 12.0. The number of carbonyl (C=O) groups excluding carboxylic acids is 2. The number of carbonyl (C=O) groups is 2. The molecular formula is C16H17N3O4S. The van der Waals surface area contributed by atoms with Crippen molar-refractivity contribution in [3.05, 3.63) is 65.7 Å². The highest BCUT2D eigenvalue weighted by Gasteiger charge is 2.17. The molecule has 0 heterocycles. The Morgan fingerprint density at radius 1 is 0.792 bits per heavy atom. The van der Waals surface area contributed by atoms with Gasteiger partial charge in [0.05, 0.1) is 4.90 Å². The van der Waals surface area contributed by atoms with Gasteiger partial charge in [-0.1, -0.05) is 18.2 Å².